The van der Waals surface area contributed by atoms with E-state index < -0.39 is 12.0 Å². The summed E-state index contributed by atoms with van der Waals surface area (Å²) < 4.78 is 11.4. The van der Waals surface area contributed by atoms with Crippen LogP contribution < -0.4 is 14.9 Å². The molecule has 0 radical (unpaired) electrons. The number of nitrogens with zero attached hydrogens (tertiary/aromatic N) is 1. The van der Waals surface area contributed by atoms with Gasteiger partial charge >= 0.3 is 0 Å². The van der Waals surface area contributed by atoms with Gasteiger partial charge in [-0.2, -0.15) is 5.10 Å². The Morgan fingerprint density at radius 1 is 1.11 bits per heavy atom. The van der Waals surface area contributed by atoms with Crippen LogP contribution in [0.3, 0.4) is 0 Å². The average molecular weight is 370 g/mol. The van der Waals surface area contributed by atoms with Gasteiger partial charge in [0.05, 0.1) is 19.4 Å². The van der Waals surface area contributed by atoms with Gasteiger partial charge in [-0.25, -0.2) is 5.43 Å². The number of amides is 1. The number of hydrazone groups is 1. The number of hydrogen-bond acceptors (Lipinski definition) is 5. The van der Waals surface area contributed by atoms with Gasteiger partial charge < -0.3 is 14.6 Å². The molecule has 2 rings (SSSR count). The number of aliphatic hydroxyl groups is 1. The van der Waals surface area contributed by atoms with Crippen molar-refractivity contribution in [1.82, 2.24) is 5.43 Å². The quantitative estimate of drug-likeness (QED) is 0.496. The molecule has 2 aromatic rings. The first-order valence-corrected chi connectivity index (χ1v) is 9.11. The summed E-state index contributed by atoms with van der Waals surface area (Å²) >= 11 is 0. The number of carbonyl (C=O) groups excluding carboxylic acids is 1. The standard InChI is InChI=1S/C21H26N2O4/c1-3-12-26-18-11-10-17(19(14-18)27-13-4-2)15-22-23-21(25)20(24)16-8-6-5-7-9-16/h5-11,14-15,20,24H,3-4,12-13H2,1-2H3,(H,23,25)/b22-15-/t20-/m1/s1. The second-order valence-electron chi connectivity index (χ2n) is 5.94. The van der Waals surface area contributed by atoms with Gasteiger partial charge in [0.15, 0.2) is 6.10 Å². The SMILES string of the molecule is CCCOc1ccc(/C=N\NC(=O)[C@H](O)c2ccccc2)c(OCCC)c1. The van der Waals surface area contributed by atoms with Crippen LogP contribution in [0.2, 0.25) is 0 Å². The Kier molecular flexibility index (Phi) is 8.32. The molecule has 1 atom stereocenters. The van der Waals surface area contributed by atoms with Crippen molar-refractivity contribution >= 4 is 12.1 Å². The van der Waals surface area contributed by atoms with E-state index >= 15 is 0 Å². The Labute approximate surface area is 159 Å². The molecule has 0 fully saturated rings. The third-order valence-electron chi connectivity index (χ3n) is 3.66. The largest absolute Gasteiger partial charge is 0.493 e. The smallest absolute Gasteiger partial charge is 0.273 e. The topological polar surface area (TPSA) is 80.2 Å². The van der Waals surface area contributed by atoms with E-state index in [-0.39, 0.29) is 0 Å². The van der Waals surface area contributed by atoms with Crippen molar-refractivity contribution in [2.24, 2.45) is 5.10 Å². The molecule has 0 aliphatic heterocycles. The normalized spacial score (nSPS) is 12.0. The highest BCUT2D eigenvalue weighted by Gasteiger charge is 2.16. The molecule has 0 spiro atoms. The second-order valence-corrected chi connectivity index (χ2v) is 5.94. The molecular weight excluding hydrogens is 344 g/mol. The Bertz CT molecular complexity index is 747. The monoisotopic (exact) mass is 370 g/mol. The molecular formula is C21H26N2O4. The summed E-state index contributed by atoms with van der Waals surface area (Å²) in [5, 5.41) is 14.0. The van der Waals surface area contributed by atoms with Crippen LogP contribution in [0.25, 0.3) is 0 Å². The molecule has 0 aliphatic rings. The molecule has 1 amide bonds. The minimum absolute atomic E-state index is 0.509. The van der Waals surface area contributed by atoms with E-state index in [1.54, 1.807) is 24.3 Å². The van der Waals surface area contributed by atoms with Crippen LogP contribution in [-0.2, 0) is 4.79 Å². The Morgan fingerprint density at radius 3 is 2.52 bits per heavy atom. The summed E-state index contributed by atoms with van der Waals surface area (Å²) in [5.41, 5.74) is 3.57. The van der Waals surface area contributed by atoms with Crippen LogP contribution in [-0.4, -0.2) is 30.4 Å². The van der Waals surface area contributed by atoms with E-state index in [0.29, 0.717) is 30.1 Å². The van der Waals surface area contributed by atoms with Gasteiger partial charge in [-0.15, -0.1) is 0 Å². The van der Waals surface area contributed by atoms with Crippen LogP contribution in [0, 0.1) is 0 Å². The lowest BCUT2D eigenvalue weighted by Crippen LogP contribution is -2.25. The summed E-state index contributed by atoms with van der Waals surface area (Å²) in [4.78, 5) is 12.0. The summed E-state index contributed by atoms with van der Waals surface area (Å²) in [6.45, 7) is 5.27. The van der Waals surface area contributed by atoms with Crippen LogP contribution in [0.15, 0.2) is 53.6 Å². The van der Waals surface area contributed by atoms with Gasteiger partial charge in [-0.3, -0.25) is 4.79 Å². The molecule has 2 aromatic carbocycles. The first-order valence-electron chi connectivity index (χ1n) is 9.11. The van der Waals surface area contributed by atoms with Gasteiger partial charge in [-0.05, 0) is 30.5 Å². The Balaban J connectivity index is 2.04. The number of benzene rings is 2. The van der Waals surface area contributed by atoms with E-state index in [1.807, 2.05) is 38.1 Å². The zero-order valence-corrected chi connectivity index (χ0v) is 15.7. The second kappa shape index (κ2) is 11.0. The third-order valence-corrected chi connectivity index (χ3v) is 3.66. The maximum Gasteiger partial charge on any atom is 0.273 e. The summed E-state index contributed by atoms with van der Waals surface area (Å²) in [5.74, 6) is 0.757. The predicted molar refractivity (Wildman–Crippen MR) is 105 cm³/mol. The molecule has 144 valence electrons. The maximum atomic E-state index is 12.0. The number of hydrogen-bond donors (Lipinski definition) is 2. The fraction of sp³-hybridized carbons (Fsp3) is 0.333. The van der Waals surface area contributed by atoms with Crippen molar-refractivity contribution in [1.29, 1.82) is 0 Å². The molecule has 0 heterocycles. The highest BCUT2D eigenvalue weighted by atomic mass is 16.5. The Hall–Kier alpha value is -2.86. The van der Waals surface area contributed by atoms with Gasteiger partial charge in [0.2, 0.25) is 0 Å². The molecule has 0 saturated carbocycles. The number of nitrogens with one attached hydrogen (secondary N) is 1. The van der Waals surface area contributed by atoms with Gasteiger partial charge in [0, 0.05) is 11.6 Å². The van der Waals surface area contributed by atoms with Crippen molar-refractivity contribution in [2.45, 2.75) is 32.8 Å². The predicted octanol–water partition coefficient (Wildman–Crippen LogP) is 3.45. The minimum Gasteiger partial charge on any atom is -0.493 e. The molecule has 0 bridgehead atoms. The highest BCUT2D eigenvalue weighted by Crippen LogP contribution is 2.24. The van der Waals surface area contributed by atoms with E-state index in [4.69, 9.17) is 9.47 Å². The van der Waals surface area contributed by atoms with Crippen LogP contribution in [0.1, 0.15) is 43.9 Å². The molecule has 0 aliphatic carbocycles. The van der Waals surface area contributed by atoms with Crippen molar-refractivity contribution in [3.63, 3.8) is 0 Å². The van der Waals surface area contributed by atoms with Crippen LogP contribution >= 0.6 is 0 Å². The molecule has 2 N–H and O–H groups in total. The number of carbonyl (C=O) groups is 1. The first-order chi connectivity index (χ1) is 13.2. The van der Waals surface area contributed by atoms with Crippen LogP contribution in [0.4, 0.5) is 0 Å². The zero-order chi connectivity index (χ0) is 19.5. The van der Waals surface area contributed by atoms with E-state index in [0.717, 1.165) is 18.6 Å². The number of ether oxygens (including phenoxy) is 2. The summed E-state index contributed by atoms with van der Waals surface area (Å²) in [6.07, 6.45) is 2.01. The summed E-state index contributed by atoms with van der Waals surface area (Å²) in [6, 6.07) is 14.2. The zero-order valence-electron chi connectivity index (χ0n) is 15.7. The minimum atomic E-state index is -1.27. The number of rotatable bonds is 10. The van der Waals surface area contributed by atoms with Crippen molar-refractivity contribution in [3.8, 4) is 11.5 Å². The van der Waals surface area contributed by atoms with E-state index in [9.17, 15) is 9.90 Å². The molecule has 0 saturated heterocycles. The molecule has 0 aromatic heterocycles. The fourth-order valence-electron chi connectivity index (χ4n) is 2.28. The maximum absolute atomic E-state index is 12.0. The molecule has 0 unspecified atom stereocenters. The first kappa shape index (κ1) is 20.5. The van der Waals surface area contributed by atoms with Crippen LogP contribution in [0.5, 0.6) is 11.5 Å². The Morgan fingerprint density at radius 2 is 1.81 bits per heavy atom. The fourth-order valence-corrected chi connectivity index (χ4v) is 2.28. The third kappa shape index (κ3) is 6.42. The lowest BCUT2D eigenvalue weighted by Gasteiger charge is -2.11. The number of aliphatic hydroxyl groups excluding tert-OH is 1. The molecule has 6 nitrogen and oxygen atoms in total. The lowest BCUT2D eigenvalue weighted by molar-refractivity contribution is -0.129. The van der Waals surface area contributed by atoms with Gasteiger partial charge in [-0.1, -0.05) is 44.2 Å². The summed E-state index contributed by atoms with van der Waals surface area (Å²) in [7, 11) is 0. The van der Waals surface area contributed by atoms with Crippen molar-refractivity contribution in [3.05, 3.63) is 59.7 Å². The van der Waals surface area contributed by atoms with Crippen molar-refractivity contribution in [2.75, 3.05) is 13.2 Å². The van der Waals surface area contributed by atoms with Gasteiger partial charge in [0.25, 0.3) is 5.91 Å². The van der Waals surface area contributed by atoms with E-state index in [2.05, 4.69) is 10.5 Å². The molecule has 27 heavy (non-hydrogen) atoms. The molecule has 6 heteroatoms. The van der Waals surface area contributed by atoms with E-state index in [1.165, 1.54) is 6.21 Å². The highest BCUT2D eigenvalue weighted by molar-refractivity contribution is 5.87. The average Bonchev–Trinajstić information content (AvgIpc) is 2.71. The lowest BCUT2D eigenvalue weighted by atomic mass is 10.1. The van der Waals surface area contributed by atoms with Crippen molar-refractivity contribution < 1.29 is 19.4 Å². The van der Waals surface area contributed by atoms with Gasteiger partial charge in [0.1, 0.15) is 11.5 Å².